The van der Waals surface area contributed by atoms with Crippen molar-refractivity contribution in [1.29, 1.82) is 0 Å². The van der Waals surface area contributed by atoms with E-state index in [1.54, 1.807) is 0 Å². The van der Waals surface area contributed by atoms with Crippen LogP contribution in [-0.2, 0) is 21.2 Å². The molecule has 2 heterocycles. The number of sulfone groups is 1. The zero-order valence-corrected chi connectivity index (χ0v) is 22.5. The van der Waals surface area contributed by atoms with Gasteiger partial charge in [-0.05, 0) is 31.6 Å². The normalized spacial score (nSPS) is 26.2. The van der Waals surface area contributed by atoms with E-state index in [9.17, 15) is 23.1 Å². The Labute approximate surface area is 213 Å². The molecule has 1 aromatic rings. The van der Waals surface area contributed by atoms with Crippen LogP contribution in [0.4, 0.5) is 0 Å². The lowest BCUT2D eigenvalue weighted by Gasteiger charge is -2.53. The molecule has 2 aliphatic carbocycles. The molecule has 1 N–H and O–H groups in total. The molecule has 1 aliphatic heterocycles. The highest BCUT2D eigenvalue weighted by atomic mass is 35.5. The van der Waals surface area contributed by atoms with Crippen molar-refractivity contribution in [2.24, 2.45) is 17.3 Å². The summed E-state index contributed by atoms with van der Waals surface area (Å²) in [5.41, 5.74) is -2.15. The van der Waals surface area contributed by atoms with E-state index in [4.69, 9.17) is 11.6 Å². The van der Waals surface area contributed by atoms with Crippen LogP contribution in [0, 0.1) is 17.3 Å². The Morgan fingerprint density at radius 1 is 1.17 bits per heavy atom. The molecule has 1 aromatic heterocycles. The second-order valence-corrected chi connectivity index (χ2v) is 13.8. The van der Waals surface area contributed by atoms with Gasteiger partial charge in [0.25, 0.3) is 5.56 Å². The highest BCUT2D eigenvalue weighted by molar-refractivity contribution is 7.90. The first-order chi connectivity index (χ1) is 16.4. The van der Waals surface area contributed by atoms with E-state index in [1.165, 1.54) is 42.9 Å². The molecule has 1 unspecified atom stereocenters. The average molecular weight is 527 g/mol. The van der Waals surface area contributed by atoms with Crippen molar-refractivity contribution in [2.45, 2.75) is 94.6 Å². The van der Waals surface area contributed by atoms with Crippen LogP contribution in [0.5, 0.6) is 0 Å². The number of nitrogens with zero attached hydrogens (tertiary/aromatic N) is 2. The molecule has 1 saturated heterocycles. The van der Waals surface area contributed by atoms with Crippen molar-refractivity contribution in [3.05, 3.63) is 27.6 Å². The fourth-order valence-corrected chi connectivity index (χ4v) is 8.12. The molecule has 1 spiro atoms. The van der Waals surface area contributed by atoms with Crippen molar-refractivity contribution in [3.8, 4) is 0 Å². The van der Waals surface area contributed by atoms with Crippen LogP contribution in [0.1, 0.15) is 77.6 Å². The summed E-state index contributed by atoms with van der Waals surface area (Å²) in [6.45, 7) is 2.95. The molecule has 0 aromatic carbocycles. The van der Waals surface area contributed by atoms with Gasteiger partial charge in [-0.25, -0.2) is 8.42 Å². The zero-order chi connectivity index (χ0) is 25.4. The van der Waals surface area contributed by atoms with Gasteiger partial charge in [0, 0.05) is 42.9 Å². The molecule has 196 valence electrons. The highest BCUT2D eigenvalue weighted by Gasteiger charge is 2.55. The maximum atomic E-state index is 13.4. The van der Waals surface area contributed by atoms with Crippen LogP contribution < -0.4 is 5.56 Å². The Balaban J connectivity index is 1.54. The first kappa shape index (κ1) is 26.7. The predicted octanol–water partition coefficient (Wildman–Crippen LogP) is 4.04. The minimum atomic E-state index is -3.63. The van der Waals surface area contributed by atoms with Gasteiger partial charge in [0.2, 0.25) is 5.91 Å². The van der Waals surface area contributed by atoms with Crippen molar-refractivity contribution in [2.75, 3.05) is 19.3 Å². The number of likely N-dealkylation sites (tertiary alicyclic amines) is 1. The molecule has 0 bridgehead atoms. The second-order valence-electron chi connectivity index (χ2n) is 11.4. The van der Waals surface area contributed by atoms with E-state index in [1.807, 2.05) is 11.8 Å². The van der Waals surface area contributed by atoms with Crippen LogP contribution in [0.3, 0.4) is 0 Å². The first-order valence-electron chi connectivity index (χ1n) is 13.1. The summed E-state index contributed by atoms with van der Waals surface area (Å²) >= 11 is 6.04. The molecule has 3 aliphatic rings. The Kier molecular flexibility index (Phi) is 7.75. The Bertz CT molecular complexity index is 1110. The fraction of sp³-hybridized carbons (Fsp3) is 0.769. The molecular weight excluding hydrogens is 488 g/mol. The van der Waals surface area contributed by atoms with Gasteiger partial charge >= 0.3 is 0 Å². The van der Waals surface area contributed by atoms with E-state index >= 15 is 0 Å². The van der Waals surface area contributed by atoms with Gasteiger partial charge in [-0.1, -0.05) is 63.5 Å². The molecular formula is C26H39ClN2O5S. The van der Waals surface area contributed by atoms with Crippen LogP contribution >= 0.6 is 11.6 Å². The molecule has 4 rings (SSSR count). The third kappa shape index (κ3) is 5.49. The quantitative estimate of drug-likeness (QED) is 0.603. The van der Waals surface area contributed by atoms with E-state index in [2.05, 4.69) is 0 Å². The predicted molar refractivity (Wildman–Crippen MR) is 136 cm³/mol. The number of hydrogen-bond acceptors (Lipinski definition) is 5. The third-order valence-corrected chi connectivity index (χ3v) is 10.4. The summed E-state index contributed by atoms with van der Waals surface area (Å²) in [4.78, 5) is 28.0. The van der Waals surface area contributed by atoms with Gasteiger partial charge in [-0.15, -0.1) is 0 Å². The molecule has 9 heteroatoms. The summed E-state index contributed by atoms with van der Waals surface area (Å²) in [5, 5.41) is 11.9. The van der Waals surface area contributed by atoms with Crippen molar-refractivity contribution in [3.63, 3.8) is 0 Å². The lowest BCUT2D eigenvalue weighted by Crippen LogP contribution is -2.62. The van der Waals surface area contributed by atoms with Crippen LogP contribution in [0.25, 0.3) is 0 Å². The Morgan fingerprint density at radius 3 is 2.46 bits per heavy atom. The third-order valence-electron chi connectivity index (χ3n) is 8.85. The average Bonchev–Trinajstić information content (AvgIpc) is 3.27. The summed E-state index contributed by atoms with van der Waals surface area (Å²) < 4.78 is 25.6. The van der Waals surface area contributed by atoms with E-state index in [0.29, 0.717) is 25.4 Å². The largest absolute Gasteiger partial charge is 0.387 e. The number of pyridine rings is 1. The van der Waals surface area contributed by atoms with E-state index in [0.717, 1.165) is 44.4 Å². The number of aliphatic hydroxyl groups is 1. The molecule has 0 radical (unpaired) electrons. The molecule has 2 saturated carbocycles. The molecule has 2 atom stereocenters. The Morgan fingerprint density at radius 2 is 1.83 bits per heavy atom. The van der Waals surface area contributed by atoms with Crippen LogP contribution in [-0.4, -0.2) is 53.8 Å². The second kappa shape index (κ2) is 10.2. The lowest BCUT2D eigenvalue weighted by atomic mass is 9.65. The van der Waals surface area contributed by atoms with E-state index in [-0.39, 0.29) is 28.3 Å². The van der Waals surface area contributed by atoms with Gasteiger partial charge < -0.3 is 14.6 Å². The SMILES string of the molecule is C[C@H](CC1CCCCC1)C(=O)N1CCC(O)(Cn2cc(S(C)(=O)=O)c(Cl)cc2=O)C2(CCCC2)C1. The van der Waals surface area contributed by atoms with Gasteiger partial charge in [-0.2, -0.15) is 0 Å². The number of rotatable bonds is 6. The van der Waals surface area contributed by atoms with Crippen molar-refractivity contribution in [1.82, 2.24) is 9.47 Å². The topological polar surface area (TPSA) is 96.7 Å². The number of carbonyl (C=O) groups is 1. The van der Waals surface area contributed by atoms with Gasteiger partial charge in [0.1, 0.15) is 4.90 Å². The maximum Gasteiger partial charge on any atom is 0.252 e. The Hall–Kier alpha value is -1.38. The number of hydrogen-bond donors (Lipinski definition) is 1. The number of halogens is 1. The molecule has 1 amide bonds. The summed E-state index contributed by atoms with van der Waals surface area (Å²) in [6, 6.07) is 1.11. The number of carbonyl (C=O) groups excluding carboxylic acids is 1. The minimum Gasteiger partial charge on any atom is -0.387 e. The summed E-state index contributed by atoms with van der Waals surface area (Å²) in [6.07, 6.45) is 13.3. The van der Waals surface area contributed by atoms with Gasteiger partial charge in [-0.3, -0.25) is 9.59 Å². The number of piperidine rings is 1. The zero-order valence-electron chi connectivity index (χ0n) is 21.0. The van der Waals surface area contributed by atoms with Crippen LogP contribution in [0.2, 0.25) is 5.02 Å². The van der Waals surface area contributed by atoms with Crippen molar-refractivity contribution >= 4 is 27.3 Å². The lowest BCUT2D eigenvalue weighted by molar-refractivity contribution is -0.163. The van der Waals surface area contributed by atoms with Gasteiger partial charge in [0.15, 0.2) is 9.84 Å². The fourth-order valence-electron chi connectivity index (χ4n) is 6.83. The summed E-state index contributed by atoms with van der Waals surface area (Å²) in [5.74, 6) is 0.775. The van der Waals surface area contributed by atoms with Crippen molar-refractivity contribution < 1.29 is 18.3 Å². The van der Waals surface area contributed by atoms with Gasteiger partial charge in [0.05, 0.1) is 17.2 Å². The monoisotopic (exact) mass is 526 g/mol. The smallest absolute Gasteiger partial charge is 0.252 e. The molecule has 3 fully saturated rings. The number of amides is 1. The number of aromatic nitrogens is 1. The molecule has 7 nitrogen and oxygen atoms in total. The standard InChI is InChI=1S/C26H39ClN2O5S/c1-19(14-20-8-4-3-5-9-20)24(31)28-13-12-26(32,25(17-28)10-6-7-11-25)18-29-16-22(35(2,33)34)21(27)15-23(29)30/h15-16,19-20,32H,3-14,17-18H2,1-2H3/t19-,26?/m1/s1. The molecule has 35 heavy (non-hydrogen) atoms. The van der Waals surface area contributed by atoms with E-state index < -0.39 is 26.4 Å². The maximum absolute atomic E-state index is 13.4. The first-order valence-corrected chi connectivity index (χ1v) is 15.3. The van der Waals surface area contributed by atoms with Crippen LogP contribution in [0.15, 0.2) is 22.0 Å². The summed E-state index contributed by atoms with van der Waals surface area (Å²) in [7, 11) is -3.63. The highest BCUT2D eigenvalue weighted by Crippen LogP contribution is 2.52. The minimum absolute atomic E-state index is 0.00875.